The van der Waals surface area contributed by atoms with Gasteiger partial charge < -0.3 is 4.90 Å². The summed E-state index contributed by atoms with van der Waals surface area (Å²) in [6.07, 6.45) is 0.231. The van der Waals surface area contributed by atoms with Crippen molar-refractivity contribution < 1.29 is 9.18 Å². The number of amides is 1. The van der Waals surface area contributed by atoms with E-state index in [-0.39, 0.29) is 23.8 Å². The van der Waals surface area contributed by atoms with E-state index in [2.05, 4.69) is 0 Å². The van der Waals surface area contributed by atoms with Crippen LogP contribution in [0.1, 0.15) is 18.9 Å². The number of carbonyl (C=O) groups is 1. The highest BCUT2D eigenvalue weighted by Gasteiger charge is 2.14. The van der Waals surface area contributed by atoms with Gasteiger partial charge in [0, 0.05) is 33.1 Å². The lowest BCUT2D eigenvalue weighted by atomic mass is 10.2. The molecule has 2 aromatic carbocycles. The van der Waals surface area contributed by atoms with Crippen LogP contribution in [0.5, 0.6) is 0 Å². The number of aryl methyl sites for hydroxylation is 2. The minimum Gasteiger partial charge on any atom is -0.341 e. The number of halogens is 1. The van der Waals surface area contributed by atoms with E-state index in [1.54, 1.807) is 33.2 Å². The number of hydrogen-bond donors (Lipinski definition) is 0. The zero-order valence-electron chi connectivity index (χ0n) is 15.0. The van der Waals surface area contributed by atoms with Gasteiger partial charge in [0.2, 0.25) is 5.91 Å². The lowest BCUT2D eigenvalue weighted by molar-refractivity contribution is -0.130. The van der Waals surface area contributed by atoms with Gasteiger partial charge in [0.05, 0.1) is 11.0 Å². The van der Waals surface area contributed by atoms with E-state index in [9.17, 15) is 14.0 Å². The molecule has 3 rings (SSSR count). The molecule has 0 unspecified atom stereocenters. The normalized spacial score (nSPS) is 11.0. The maximum atomic E-state index is 13.0. The zero-order chi connectivity index (χ0) is 18.7. The maximum Gasteiger partial charge on any atom is 0.329 e. The molecule has 0 bridgehead atoms. The summed E-state index contributed by atoms with van der Waals surface area (Å²) in [5, 5.41) is 0. The number of imidazole rings is 1. The second-order valence-corrected chi connectivity index (χ2v) is 6.29. The van der Waals surface area contributed by atoms with Gasteiger partial charge in [-0.3, -0.25) is 13.9 Å². The highest BCUT2D eigenvalue weighted by atomic mass is 19.1. The number of para-hydroxylation sites is 2. The molecule has 0 radical (unpaired) electrons. The van der Waals surface area contributed by atoms with Gasteiger partial charge in [-0.15, -0.1) is 0 Å². The van der Waals surface area contributed by atoms with Gasteiger partial charge in [-0.2, -0.15) is 0 Å². The van der Waals surface area contributed by atoms with Crippen molar-refractivity contribution in [2.24, 2.45) is 0 Å². The van der Waals surface area contributed by atoms with Gasteiger partial charge >= 0.3 is 5.69 Å². The Morgan fingerprint density at radius 1 is 1.04 bits per heavy atom. The molecule has 0 aliphatic rings. The zero-order valence-corrected chi connectivity index (χ0v) is 15.0. The van der Waals surface area contributed by atoms with Crippen LogP contribution in [0.25, 0.3) is 11.0 Å². The summed E-state index contributed by atoms with van der Waals surface area (Å²) in [5.74, 6) is -0.357. The van der Waals surface area contributed by atoms with E-state index in [4.69, 9.17) is 0 Å². The molecule has 0 fully saturated rings. The van der Waals surface area contributed by atoms with E-state index < -0.39 is 0 Å². The van der Waals surface area contributed by atoms with Gasteiger partial charge in [-0.05, 0) is 36.8 Å². The average molecular weight is 355 g/mol. The second-order valence-electron chi connectivity index (χ2n) is 6.29. The molecule has 6 heteroatoms. The number of carbonyl (C=O) groups excluding carboxylic acids is 1. The standard InChI is InChI=1S/C20H22FN3O2/c1-3-23-17-6-4-5-7-18(17)24(20(23)26)13-12-19(25)22(2)14-15-8-10-16(21)11-9-15/h4-11H,3,12-14H2,1-2H3. The highest BCUT2D eigenvalue weighted by molar-refractivity contribution is 5.78. The van der Waals surface area contributed by atoms with Crippen molar-refractivity contribution >= 4 is 16.9 Å². The molecule has 0 spiro atoms. The Morgan fingerprint density at radius 3 is 2.27 bits per heavy atom. The molecule has 0 saturated carbocycles. The topological polar surface area (TPSA) is 47.2 Å². The Labute approximate surface area is 151 Å². The van der Waals surface area contributed by atoms with Gasteiger partial charge in [-0.25, -0.2) is 9.18 Å². The van der Waals surface area contributed by atoms with Crippen molar-refractivity contribution in [3.05, 3.63) is 70.4 Å². The quantitative estimate of drug-likeness (QED) is 0.682. The molecule has 1 heterocycles. The fourth-order valence-corrected chi connectivity index (χ4v) is 3.14. The monoisotopic (exact) mass is 355 g/mol. The molecule has 5 nitrogen and oxygen atoms in total. The van der Waals surface area contributed by atoms with Gasteiger partial charge in [0.25, 0.3) is 0 Å². The predicted molar refractivity (Wildman–Crippen MR) is 99.4 cm³/mol. The van der Waals surface area contributed by atoms with E-state index in [1.165, 1.54) is 12.1 Å². The average Bonchev–Trinajstić information content (AvgIpc) is 2.92. The summed E-state index contributed by atoms with van der Waals surface area (Å²) < 4.78 is 16.3. The molecule has 3 aromatic rings. The van der Waals surface area contributed by atoms with Crippen LogP contribution in [0, 0.1) is 5.82 Å². The third-order valence-corrected chi connectivity index (χ3v) is 4.55. The summed E-state index contributed by atoms with van der Waals surface area (Å²) in [5.41, 5.74) is 2.49. The lowest BCUT2D eigenvalue weighted by Crippen LogP contribution is -2.29. The molecule has 136 valence electrons. The molecule has 26 heavy (non-hydrogen) atoms. The summed E-state index contributed by atoms with van der Waals surface area (Å²) >= 11 is 0. The largest absolute Gasteiger partial charge is 0.341 e. The summed E-state index contributed by atoms with van der Waals surface area (Å²) in [4.78, 5) is 26.6. The molecule has 0 aliphatic carbocycles. The minimum absolute atomic E-state index is 0.0606. The van der Waals surface area contributed by atoms with E-state index >= 15 is 0 Å². The van der Waals surface area contributed by atoms with Gasteiger partial charge in [0.1, 0.15) is 5.82 Å². The smallest absolute Gasteiger partial charge is 0.329 e. The van der Waals surface area contributed by atoms with Gasteiger partial charge in [0.15, 0.2) is 0 Å². The third kappa shape index (κ3) is 3.54. The summed E-state index contributed by atoms with van der Waals surface area (Å²) in [6.45, 7) is 3.26. The number of rotatable bonds is 6. The van der Waals surface area contributed by atoms with Crippen molar-refractivity contribution in [2.75, 3.05) is 7.05 Å². The molecule has 0 aliphatic heterocycles. The van der Waals surface area contributed by atoms with Crippen LogP contribution in [-0.2, 0) is 24.4 Å². The predicted octanol–water partition coefficient (Wildman–Crippen LogP) is 3.01. The molecule has 0 atom stereocenters. The molecule has 1 amide bonds. The van der Waals surface area contributed by atoms with Crippen LogP contribution in [0.2, 0.25) is 0 Å². The Morgan fingerprint density at radius 2 is 1.65 bits per heavy atom. The Balaban J connectivity index is 1.71. The van der Waals surface area contributed by atoms with Crippen LogP contribution in [0.4, 0.5) is 4.39 Å². The summed E-state index contributed by atoms with van der Waals surface area (Å²) in [7, 11) is 1.71. The number of benzene rings is 2. The molecule has 0 N–H and O–H groups in total. The third-order valence-electron chi connectivity index (χ3n) is 4.55. The van der Waals surface area contributed by atoms with Crippen LogP contribution >= 0.6 is 0 Å². The van der Waals surface area contributed by atoms with Crippen LogP contribution in [0.15, 0.2) is 53.3 Å². The Hall–Kier alpha value is -2.89. The van der Waals surface area contributed by atoms with Crippen molar-refractivity contribution in [2.45, 2.75) is 33.0 Å². The lowest BCUT2D eigenvalue weighted by Gasteiger charge is -2.17. The van der Waals surface area contributed by atoms with E-state index in [1.807, 2.05) is 31.2 Å². The molecular weight excluding hydrogens is 333 g/mol. The van der Waals surface area contributed by atoms with Crippen LogP contribution < -0.4 is 5.69 Å². The first-order chi connectivity index (χ1) is 12.5. The van der Waals surface area contributed by atoms with Crippen molar-refractivity contribution in [3.8, 4) is 0 Å². The van der Waals surface area contributed by atoms with Crippen molar-refractivity contribution in [3.63, 3.8) is 0 Å². The van der Waals surface area contributed by atoms with Crippen molar-refractivity contribution in [1.82, 2.24) is 14.0 Å². The van der Waals surface area contributed by atoms with Crippen LogP contribution in [0.3, 0.4) is 0 Å². The SMILES string of the molecule is CCn1c(=O)n(CCC(=O)N(C)Cc2ccc(F)cc2)c2ccccc21. The summed E-state index contributed by atoms with van der Waals surface area (Å²) in [6, 6.07) is 13.7. The number of fused-ring (bicyclic) bond motifs is 1. The fourth-order valence-electron chi connectivity index (χ4n) is 3.14. The first-order valence-corrected chi connectivity index (χ1v) is 8.67. The van der Waals surface area contributed by atoms with Crippen LogP contribution in [-0.4, -0.2) is 27.0 Å². The van der Waals surface area contributed by atoms with Crippen molar-refractivity contribution in [1.29, 1.82) is 0 Å². The maximum absolute atomic E-state index is 13.0. The number of aromatic nitrogens is 2. The molecule has 1 aromatic heterocycles. The molecular formula is C20H22FN3O2. The highest BCUT2D eigenvalue weighted by Crippen LogP contribution is 2.13. The fraction of sp³-hybridized carbons (Fsp3) is 0.300. The minimum atomic E-state index is -0.297. The first kappa shape index (κ1) is 17.9. The first-order valence-electron chi connectivity index (χ1n) is 8.67. The molecule has 0 saturated heterocycles. The second kappa shape index (κ2) is 7.56. The Kier molecular flexibility index (Phi) is 5.21. The Bertz CT molecular complexity index is 973. The van der Waals surface area contributed by atoms with E-state index in [0.717, 1.165) is 16.6 Å². The number of hydrogen-bond acceptors (Lipinski definition) is 2. The van der Waals surface area contributed by atoms with E-state index in [0.29, 0.717) is 19.6 Å². The van der Waals surface area contributed by atoms with Gasteiger partial charge in [-0.1, -0.05) is 24.3 Å². The number of nitrogens with zero attached hydrogens (tertiary/aromatic N) is 3.